The fraction of sp³-hybridized carbons (Fsp3) is 0.550. The number of likely N-dealkylation sites (tertiary alicyclic amines) is 1. The van der Waals surface area contributed by atoms with Gasteiger partial charge in [-0.1, -0.05) is 0 Å². The Morgan fingerprint density at radius 1 is 1.31 bits per heavy atom. The molecule has 1 N–H and O–H groups in total. The van der Waals surface area contributed by atoms with E-state index in [9.17, 15) is 17.6 Å². The minimum Gasteiger partial charge on any atom is -0.444 e. The predicted molar refractivity (Wildman–Crippen MR) is 108 cm³/mol. The molecule has 2 aliphatic rings. The number of hydrogen-bond acceptors (Lipinski definition) is 4. The van der Waals surface area contributed by atoms with Crippen molar-refractivity contribution in [3.8, 4) is 0 Å². The van der Waals surface area contributed by atoms with Gasteiger partial charge in [0.1, 0.15) is 11.4 Å². The number of nitrogens with zero attached hydrogens (tertiary/aromatic N) is 2. The Morgan fingerprint density at radius 3 is 2.69 bits per heavy atom. The summed E-state index contributed by atoms with van der Waals surface area (Å²) in [7, 11) is -3.44. The van der Waals surface area contributed by atoms with Crippen LogP contribution in [-0.4, -0.2) is 65.7 Å². The Kier molecular flexibility index (Phi) is 4.66. The summed E-state index contributed by atoms with van der Waals surface area (Å²) in [6, 6.07) is 3.87. The summed E-state index contributed by atoms with van der Waals surface area (Å²) < 4.78 is 45.6. The number of sulfonamides is 1. The number of amides is 1. The zero-order valence-corrected chi connectivity index (χ0v) is 17.8. The second-order valence-electron chi connectivity index (χ2n) is 8.89. The Balaban J connectivity index is 1.76. The highest BCUT2D eigenvalue weighted by Gasteiger charge is 2.54. The van der Waals surface area contributed by atoms with Crippen molar-refractivity contribution in [3.05, 3.63) is 35.8 Å². The zero-order valence-electron chi connectivity index (χ0n) is 17.0. The van der Waals surface area contributed by atoms with Crippen molar-refractivity contribution in [3.63, 3.8) is 0 Å². The molecule has 0 aliphatic carbocycles. The Morgan fingerprint density at radius 2 is 2.03 bits per heavy atom. The number of fused-ring (bicyclic) bond motifs is 2. The van der Waals surface area contributed by atoms with Gasteiger partial charge in [-0.05, 0) is 51.0 Å². The van der Waals surface area contributed by atoms with Crippen LogP contribution < -0.4 is 0 Å². The van der Waals surface area contributed by atoms with Crippen LogP contribution in [0.4, 0.5) is 9.18 Å². The fourth-order valence-corrected chi connectivity index (χ4v) is 5.81. The van der Waals surface area contributed by atoms with Crippen molar-refractivity contribution in [2.75, 3.05) is 19.3 Å². The Labute approximate surface area is 169 Å². The lowest BCUT2D eigenvalue weighted by Crippen LogP contribution is -2.44. The van der Waals surface area contributed by atoms with Gasteiger partial charge in [0.15, 0.2) is 0 Å². The first-order chi connectivity index (χ1) is 13.5. The summed E-state index contributed by atoms with van der Waals surface area (Å²) in [5.74, 6) is -0.576. The van der Waals surface area contributed by atoms with Gasteiger partial charge in [0.25, 0.3) is 0 Å². The van der Waals surface area contributed by atoms with E-state index in [1.165, 1.54) is 22.7 Å². The number of halogens is 1. The number of nitrogens with one attached hydrogen (secondary N) is 1. The molecule has 1 amide bonds. The number of benzene rings is 1. The van der Waals surface area contributed by atoms with Crippen molar-refractivity contribution >= 4 is 27.0 Å². The Hall–Kier alpha value is -2.13. The van der Waals surface area contributed by atoms with Crippen molar-refractivity contribution in [1.82, 2.24) is 14.2 Å². The number of ether oxygens (including phenoxy) is 1. The lowest BCUT2D eigenvalue weighted by Gasteiger charge is -2.31. The van der Waals surface area contributed by atoms with E-state index in [2.05, 4.69) is 4.98 Å². The maximum absolute atomic E-state index is 13.6. The number of rotatable bonds is 2. The summed E-state index contributed by atoms with van der Waals surface area (Å²) in [5.41, 5.74) is 0.894. The number of hydrogen-bond donors (Lipinski definition) is 1. The minimum absolute atomic E-state index is 0.232. The summed E-state index contributed by atoms with van der Waals surface area (Å²) in [6.07, 6.45) is 3.12. The van der Waals surface area contributed by atoms with Crippen LogP contribution in [0.3, 0.4) is 0 Å². The molecule has 158 valence electrons. The molecule has 0 radical (unpaired) electrons. The molecule has 2 fully saturated rings. The van der Waals surface area contributed by atoms with Crippen molar-refractivity contribution < 1.29 is 22.3 Å². The van der Waals surface area contributed by atoms with Crippen LogP contribution >= 0.6 is 0 Å². The number of H-pyrrole nitrogens is 1. The Bertz CT molecular complexity index is 1060. The first-order valence-electron chi connectivity index (χ1n) is 9.69. The van der Waals surface area contributed by atoms with Crippen LogP contribution in [0, 0.1) is 5.82 Å². The average molecular weight is 424 g/mol. The first kappa shape index (κ1) is 20.2. The van der Waals surface area contributed by atoms with E-state index in [0.717, 1.165) is 10.9 Å². The van der Waals surface area contributed by atoms with E-state index in [1.807, 2.05) is 20.8 Å². The van der Waals surface area contributed by atoms with Crippen LogP contribution in [0.2, 0.25) is 0 Å². The summed E-state index contributed by atoms with van der Waals surface area (Å²) in [4.78, 5) is 17.6. The van der Waals surface area contributed by atoms with E-state index < -0.39 is 21.7 Å². The molecule has 9 heteroatoms. The topological polar surface area (TPSA) is 82.7 Å². The maximum Gasteiger partial charge on any atom is 0.410 e. The standard InChI is InChI=1S/C20H26FN3O4S/c1-20(2,3)28-19(25)23-8-7-17-18(23)15(11-24(17)29(4,26)27)14-10-22-16-9-12(21)5-6-13(14)16/h5-6,9-10,15,17-18,22H,7-8,11H2,1-4H3/t15-,17+,18+/m0/s1. The van der Waals surface area contributed by atoms with Crippen LogP contribution in [0.25, 0.3) is 10.9 Å². The van der Waals surface area contributed by atoms with Gasteiger partial charge in [-0.2, -0.15) is 4.31 Å². The van der Waals surface area contributed by atoms with Gasteiger partial charge in [0.05, 0.1) is 12.3 Å². The molecule has 0 saturated carbocycles. The van der Waals surface area contributed by atoms with Crippen LogP contribution in [0.15, 0.2) is 24.4 Å². The van der Waals surface area contributed by atoms with Gasteiger partial charge < -0.3 is 14.6 Å². The van der Waals surface area contributed by atoms with Gasteiger partial charge in [-0.3, -0.25) is 0 Å². The van der Waals surface area contributed by atoms with Crippen LogP contribution in [-0.2, 0) is 14.8 Å². The molecule has 1 aromatic carbocycles. The molecular formula is C20H26FN3O4S. The fourth-order valence-electron chi connectivity index (χ4n) is 4.66. The third-order valence-electron chi connectivity index (χ3n) is 5.71. The molecule has 0 unspecified atom stereocenters. The average Bonchev–Trinajstić information content (AvgIpc) is 3.24. The first-order valence-corrected chi connectivity index (χ1v) is 11.5. The van der Waals surface area contributed by atoms with E-state index in [0.29, 0.717) is 18.5 Å². The van der Waals surface area contributed by atoms with Crippen molar-refractivity contribution in [2.45, 2.75) is 50.8 Å². The third-order valence-corrected chi connectivity index (χ3v) is 6.98. The normalized spacial score (nSPS) is 25.6. The second kappa shape index (κ2) is 6.70. The highest BCUT2D eigenvalue weighted by Crippen LogP contribution is 2.44. The molecule has 29 heavy (non-hydrogen) atoms. The largest absolute Gasteiger partial charge is 0.444 e. The smallest absolute Gasteiger partial charge is 0.410 e. The third kappa shape index (κ3) is 3.61. The second-order valence-corrected chi connectivity index (χ2v) is 10.8. The molecule has 3 heterocycles. The number of aromatic amines is 1. The SMILES string of the molecule is CC(C)(C)OC(=O)N1CC[C@@H]2[C@H]1[C@H](c1c[nH]c3cc(F)ccc13)CN2S(C)(=O)=O. The molecule has 4 rings (SSSR count). The molecule has 2 saturated heterocycles. The van der Waals surface area contributed by atoms with Crippen molar-refractivity contribution in [1.29, 1.82) is 0 Å². The summed E-state index contributed by atoms with van der Waals surface area (Å²) in [5, 5.41) is 0.835. The number of carbonyl (C=O) groups excluding carboxylic acids is 1. The van der Waals surface area contributed by atoms with Crippen LogP contribution in [0.5, 0.6) is 0 Å². The van der Waals surface area contributed by atoms with Gasteiger partial charge in [0, 0.05) is 42.1 Å². The van der Waals surface area contributed by atoms with Crippen LogP contribution in [0.1, 0.15) is 38.7 Å². The van der Waals surface area contributed by atoms with Crippen molar-refractivity contribution in [2.24, 2.45) is 0 Å². The van der Waals surface area contributed by atoms with E-state index in [1.54, 1.807) is 17.2 Å². The molecule has 2 aliphatic heterocycles. The minimum atomic E-state index is -3.44. The van der Waals surface area contributed by atoms with E-state index in [-0.39, 0.29) is 30.4 Å². The molecule has 1 aromatic heterocycles. The quantitative estimate of drug-likeness (QED) is 0.805. The lowest BCUT2D eigenvalue weighted by atomic mass is 9.91. The monoisotopic (exact) mass is 423 g/mol. The van der Waals surface area contributed by atoms with Gasteiger partial charge in [-0.15, -0.1) is 0 Å². The number of carbonyl (C=O) groups is 1. The lowest BCUT2D eigenvalue weighted by molar-refractivity contribution is 0.0213. The van der Waals surface area contributed by atoms with Gasteiger partial charge in [0.2, 0.25) is 10.0 Å². The van der Waals surface area contributed by atoms with E-state index >= 15 is 0 Å². The highest BCUT2D eigenvalue weighted by molar-refractivity contribution is 7.88. The molecule has 0 spiro atoms. The summed E-state index contributed by atoms with van der Waals surface area (Å²) in [6.45, 7) is 6.13. The zero-order chi connectivity index (χ0) is 21.1. The highest BCUT2D eigenvalue weighted by atomic mass is 32.2. The molecule has 3 atom stereocenters. The molecular weight excluding hydrogens is 397 g/mol. The number of aromatic nitrogens is 1. The van der Waals surface area contributed by atoms with E-state index in [4.69, 9.17) is 4.74 Å². The molecule has 2 aromatic rings. The molecule has 7 nitrogen and oxygen atoms in total. The van der Waals surface area contributed by atoms with Gasteiger partial charge in [-0.25, -0.2) is 17.6 Å². The predicted octanol–water partition coefficient (Wildman–Crippen LogP) is 3.04. The molecule has 0 bridgehead atoms. The van der Waals surface area contributed by atoms with Gasteiger partial charge >= 0.3 is 6.09 Å². The summed E-state index contributed by atoms with van der Waals surface area (Å²) >= 11 is 0. The maximum atomic E-state index is 13.6.